The van der Waals surface area contributed by atoms with Gasteiger partial charge in [-0.15, -0.1) is 0 Å². The number of nitrogens with one attached hydrogen (secondary N) is 1. The first-order valence-corrected chi connectivity index (χ1v) is 10.4. The van der Waals surface area contributed by atoms with Crippen LogP contribution in [0.4, 0.5) is 13.2 Å². The molecule has 0 aliphatic heterocycles. The zero-order valence-electron chi connectivity index (χ0n) is 17.8. The van der Waals surface area contributed by atoms with Crippen molar-refractivity contribution in [3.8, 4) is 0 Å². The number of benzene rings is 3. The highest BCUT2D eigenvalue weighted by Crippen LogP contribution is 2.31. The number of hydrogen-bond donors (Lipinski definition) is 1. The molecule has 3 aromatic carbocycles. The van der Waals surface area contributed by atoms with E-state index in [9.17, 15) is 22.8 Å². The Balaban J connectivity index is 1.81. The molecule has 4 nitrogen and oxygen atoms in total. The third-order valence-electron chi connectivity index (χ3n) is 5.53. The van der Waals surface area contributed by atoms with Gasteiger partial charge in [-0.1, -0.05) is 60.7 Å². The van der Waals surface area contributed by atoms with E-state index in [1.807, 2.05) is 60.7 Å². The van der Waals surface area contributed by atoms with Crippen molar-refractivity contribution >= 4 is 16.8 Å². The summed E-state index contributed by atoms with van der Waals surface area (Å²) in [5.41, 5.74) is 0.0909. The van der Waals surface area contributed by atoms with Gasteiger partial charge in [-0.2, -0.15) is 13.2 Å². The maximum Gasteiger partial charge on any atom is 0.416 e. The molecule has 33 heavy (non-hydrogen) atoms. The summed E-state index contributed by atoms with van der Waals surface area (Å²) in [6, 6.07) is 21.0. The molecule has 0 unspecified atom stereocenters. The van der Waals surface area contributed by atoms with Gasteiger partial charge in [0.1, 0.15) is 5.56 Å². The summed E-state index contributed by atoms with van der Waals surface area (Å²) in [4.78, 5) is 26.4. The van der Waals surface area contributed by atoms with Crippen molar-refractivity contribution in [2.45, 2.75) is 25.7 Å². The standard InChI is InChI=1S/C26H21F3N2O2/c1-2-31-16-21(24(32)20-15-19(26(27,28)29)13-14-22(20)31)25(33)30-23(17-9-5-3-6-10-17)18-11-7-4-8-12-18/h3-16,23H,2H2,1H3,(H,30,33). The second kappa shape index (κ2) is 8.94. The third-order valence-corrected chi connectivity index (χ3v) is 5.53. The lowest BCUT2D eigenvalue weighted by Gasteiger charge is -2.20. The van der Waals surface area contributed by atoms with Crippen LogP contribution in [0.1, 0.15) is 40.0 Å². The van der Waals surface area contributed by atoms with Crippen LogP contribution in [0.3, 0.4) is 0 Å². The lowest BCUT2D eigenvalue weighted by molar-refractivity contribution is -0.137. The zero-order chi connectivity index (χ0) is 23.6. The van der Waals surface area contributed by atoms with Gasteiger partial charge in [-0.3, -0.25) is 9.59 Å². The molecule has 1 N–H and O–H groups in total. The van der Waals surface area contributed by atoms with Crippen molar-refractivity contribution < 1.29 is 18.0 Å². The number of rotatable bonds is 5. The monoisotopic (exact) mass is 450 g/mol. The minimum absolute atomic E-state index is 0.143. The second-order valence-corrected chi connectivity index (χ2v) is 7.62. The molecule has 0 aliphatic carbocycles. The van der Waals surface area contributed by atoms with Gasteiger partial charge in [0.15, 0.2) is 0 Å². The predicted molar refractivity (Wildman–Crippen MR) is 121 cm³/mol. The molecular formula is C26H21F3N2O2. The molecule has 0 saturated heterocycles. The molecule has 0 spiro atoms. The highest BCUT2D eigenvalue weighted by atomic mass is 19.4. The number of amides is 1. The lowest BCUT2D eigenvalue weighted by atomic mass is 9.98. The summed E-state index contributed by atoms with van der Waals surface area (Å²) >= 11 is 0. The van der Waals surface area contributed by atoms with E-state index >= 15 is 0 Å². The van der Waals surface area contributed by atoms with E-state index in [1.165, 1.54) is 12.3 Å². The minimum Gasteiger partial charge on any atom is -0.347 e. The Morgan fingerprint density at radius 2 is 1.52 bits per heavy atom. The fourth-order valence-electron chi connectivity index (χ4n) is 3.86. The van der Waals surface area contributed by atoms with Crippen molar-refractivity contribution in [2.75, 3.05) is 0 Å². The molecule has 0 saturated carbocycles. The molecule has 168 valence electrons. The number of carbonyl (C=O) groups excluding carboxylic acids is 1. The number of aryl methyl sites for hydroxylation is 1. The average molecular weight is 450 g/mol. The first kappa shape index (κ1) is 22.3. The van der Waals surface area contributed by atoms with Crippen molar-refractivity contribution in [2.24, 2.45) is 0 Å². The largest absolute Gasteiger partial charge is 0.416 e. The summed E-state index contributed by atoms with van der Waals surface area (Å²) < 4.78 is 41.3. The quantitative estimate of drug-likeness (QED) is 0.433. The normalized spacial score (nSPS) is 11.7. The van der Waals surface area contributed by atoms with Crippen LogP contribution in [0.25, 0.3) is 10.9 Å². The van der Waals surface area contributed by atoms with Crippen LogP contribution in [-0.4, -0.2) is 10.5 Å². The van der Waals surface area contributed by atoms with Crippen LogP contribution < -0.4 is 10.7 Å². The molecule has 1 amide bonds. The van der Waals surface area contributed by atoms with Crippen LogP contribution >= 0.6 is 0 Å². The fraction of sp³-hybridized carbons (Fsp3) is 0.154. The number of pyridine rings is 1. The zero-order valence-corrected chi connectivity index (χ0v) is 17.8. The Hall–Kier alpha value is -3.87. The van der Waals surface area contributed by atoms with Crippen molar-refractivity contribution in [1.82, 2.24) is 9.88 Å². The molecular weight excluding hydrogens is 429 g/mol. The van der Waals surface area contributed by atoms with E-state index in [0.717, 1.165) is 23.3 Å². The van der Waals surface area contributed by atoms with Gasteiger partial charge in [-0.25, -0.2) is 0 Å². The summed E-state index contributed by atoms with van der Waals surface area (Å²) in [6.07, 6.45) is -3.19. The lowest BCUT2D eigenvalue weighted by Crippen LogP contribution is -2.33. The molecule has 4 rings (SSSR count). The Morgan fingerprint density at radius 3 is 2.03 bits per heavy atom. The number of carbonyl (C=O) groups is 1. The summed E-state index contributed by atoms with van der Waals surface area (Å²) in [5.74, 6) is -0.654. The van der Waals surface area contributed by atoms with Crippen molar-refractivity contribution in [3.05, 3.63) is 118 Å². The minimum atomic E-state index is -4.60. The van der Waals surface area contributed by atoms with Crippen LogP contribution in [-0.2, 0) is 12.7 Å². The van der Waals surface area contributed by atoms with E-state index in [4.69, 9.17) is 0 Å². The van der Waals surface area contributed by atoms with E-state index in [0.29, 0.717) is 12.1 Å². The summed E-state index contributed by atoms with van der Waals surface area (Å²) in [6.45, 7) is 2.17. The molecule has 1 heterocycles. The fourth-order valence-corrected chi connectivity index (χ4v) is 3.86. The molecule has 0 fully saturated rings. The molecule has 0 radical (unpaired) electrons. The van der Waals surface area contributed by atoms with E-state index in [-0.39, 0.29) is 10.9 Å². The smallest absolute Gasteiger partial charge is 0.347 e. The van der Waals surface area contributed by atoms with Gasteiger partial charge in [0, 0.05) is 18.1 Å². The first-order chi connectivity index (χ1) is 15.8. The number of halogens is 3. The molecule has 0 bridgehead atoms. The van der Waals surface area contributed by atoms with Gasteiger partial charge in [0.25, 0.3) is 5.91 Å². The Labute approximate surface area is 188 Å². The van der Waals surface area contributed by atoms with Crippen molar-refractivity contribution in [1.29, 1.82) is 0 Å². The van der Waals surface area contributed by atoms with Crippen LogP contribution in [0, 0.1) is 0 Å². The summed E-state index contributed by atoms with van der Waals surface area (Å²) in [7, 11) is 0. The van der Waals surface area contributed by atoms with Crippen LogP contribution in [0.2, 0.25) is 0 Å². The van der Waals surface area contributed by atoms with Crippen LogP contribution in [0.5, 0.6) is 0 Å². The molecule has 0 atom stereocenters. The SMILES string of the molecule is CCn1cc(C(=O)NC(c2ccccc2)c2ccccc2)c(=O)c2cc(C(F)(F)F)ccc21. The van der Waals surface area contributed by atoms with Gasteiger partial charge in [0.2, 0.25) is 5.43 Å². The number of hydrogen-bond acceptors (Lipinski definition) is 2. The van der Waals surface area contributed by atoms with Gasteiger partial charge < -0.3 is 9.88 Å². The number of aromatic nitrogens is 1. The van der Waals surface area contributed by atoms with Gasteiger partial charge in [-0.05, 0) is 36.2 Å². The maximum atomic E-state index is 13.3. The number of fused-ring (bicyclic) bond motifs is 1. The Bertz CT molecular complexity index is 1310. The molecule has 7 heteroatoms. The highest BCUT2D eigenvalue weighted by molar-refractivity contribution is 5.97. The molecule has 4 aromatic rings. The Morgan fingerprint density at radius 1 is 0.939 bits per heavy atom. The second-order valence-electron chi connectivity index (χ2n) is 7.62. The van der Waals surface area contributed by atoms with E-state index in [2.05, 4.69) is 5.32 Å². The summed E-state index contributed by atoms with van der Waals surface area (Å²) in [5, 5.41) is 2.75. The first-order valence-electron chi connectivity index (χ1n) is 10.4. The molecule has 1 aromatic heterocycles. The van der Waals surface area contributed by atoms with Gasteiger partial charge >= 0.3 is 6.18 Å². The number of nitrogens with zero attached hydrogens (tertiary/aromatic N) is 1. The third kappa shape index (κ3) is 4.53. The van der Waals surface area contributed by atoms with Crippen molar-refractivity contribution in [3.63, 3.8) is 0 Å². The van der Waals surface area contributed by atoms with E-state index in [1.54, 1.807) is 11.5 Å². The van der Waals surface area contributed by atoms with Gasteiger partial charge in [0.05, 0.1) is 17.1 Å². The topological polar surface area (TPSA) is 51.1 Å². The molecule has 0 aliphatic rings. The maximum absolute atomic E-state index is 13.3. The highest BCUT2D eigenvalue weighted by Gasteiger charge is 2.31. The Kier molecular flexibility index (Phi) is 6.05. The van der Waals surface area contributed by atoms with E-state index < -0.39 is 29.1 Å². The predicted octanol–water partition coefficient (Wildman–Crippen LogP) is 5.56. The number of alkyl halides is 3. The average Bonchev–Trinajstić information content (AvgIpc) is 2.83. The van der Waals surface area contributed by atoms with Crippen LogP contribution in [0.15, 0.2) is 89.9 Å².